The van der Waals surface area contributed by atoms with Crippen LogP contribution in [-0.4, -0.2) is 4.98 Å². The van der Waals surface area contributed by atoms with Gasteiger partial charge in [-0.2, -0.15) is 0 Å². The molecule has 3 rings (SSSR count). The molecule has 1 saturated carbocycles. The van der Waals surface area contributed by atoms with Gasteiger partial charge in [-0.25, -0.2) is 17.6 Å². The molecule has 1 aliphatic rings. The quantitative estimate of drug-likeness (QED) is 0.590. The Morgan fingerprint density at radius 2 is 2.04 bits per heavy atom. The van der Waals surface area contributed by atoms with Gasteiger partial charge in [-0.15, -0.1) is 0 Å². The molecule has 0 bridgehead atoms. The van der Waals surface area contributed by atoms with E-state index >= 15 is 0 Å². The van der Waals surface area contributed by atoms with Crippen LogP contribution in [0.25, 0.3) is 5.70 Å². The van der Waals surface area contributed by atoms with Crippen molar-refractivity contribution in [2.24, 2.45) is 5.92 Å². The molecule has 2 unspecified atom stereocenters. The second-order valence-electron chi connectivity index (χ2n) is 7.38. The molecule has 2 atom stereocenters. The van der Waals surface area contributed by atoms with Crippen LogP contribution in [0.2, 0.25) is 0 Å². The van der Waals surface area contributed by atoms with Crippen LogP contribution in [0.4, 0.5) is 23.2 Å². The molecule has 1 aromatic heterocycles. The number of hydrogen-bond acceptors (Lipinski definition) is 2. The zero-order valence-corrected chi connectivity index (χ0v) is 15.5. The summed E-state index contributed by atoms with van der Waals surface area (Å²) in [7, 11) is 0. The standard InChI is InChI=1S/C21H22F4N2/c1-5-14-9-21(14,4)16-7-15(8-17(22)18(16)23)27-12(3)19-11(2)6-13(10-26-19)20(24)25/h6-8,10,14,20,27H,3,5,9H2,1-2,4H3. The number of aryl methyl sites for hydroxylation is 1. The zero-order valence-electron chi connectivity index (χ0n) is 15.5. The van der Waals surface area contributed by atoms with Gasteiger partial charge in [-0.05, 0) is 47.9 Å². The van der Waals surface area contributed by atoms with Gasteiger partial charge in [0.05, 0.1) is 11.4 Å². The predicted molar refractivity (Wildman–Crippen MR) is 98.7 cm³/mol. The highest BCUT2D eigenvalue weighted by molar-refractivity contribution is 5.75. The summed E-state index contributed by atoms with van der Waals surface area (Å²) in [4.78, 5) is 4.03. The van der Waals surface area contributed by atoms with Crippen LogP contribution < -0.4 is 5.32 Å². The molecule has 1 heterocycles. The molecule has 0 radical (unpaired) electrons. The highest BCUT2D eigenvalue weighted by Crippen LogP contribution is 2.56. The van der Waals surface area contributed by atoms with Gasteiger partial charge in [-0.1, -0.05) is 26.8 Å². The fraction of sp³-hybridized carbons (Fsp3) is 0.381. The van der Waals surface area contributed by atoms with Crippen LogP contribution in [0.3, 0.4) is 0 Å². The third-order valence-electron chi connectivity index (χ3n) is 5.48. The molecule has 6 heteroatoms. The number of benzene rings is 1. The number of halogens is 4. The van der Waals surface area contributed by atoms with E-state index in [4.69, 9.17) is 0 Å². The van der Waals surface area contributed by atoms with Crippen LogP contribution in [0.15, 0.2) is 31.0 Å². The van der Waals surface area contributed by atoms with Crippen LogP contribution in [0, 0.1) is 24.5 Å². The molecule has 1 N–H and O–H groups in total. The number of anilines is 1. The molecule has 1 aromatic carbocycles. The first-order valence-corrected chi connectivity index (χ1v) is 8.87. The molecule has 0 aliphatic heterocycles. The molecule has 2 aromatic rings. The molecule has 0 spiro atoms. The van der Waals surface area contributed by atoms with E-state index in [0.29, 0.717) is 34.1 Å². The SMILES string of the molecule is C=C(Nc1cc(F)c(F)c(C2(C)CC2CC)c1)c1ncc(C(F)F)cc1C. The summed E-state index contributed by atoms with van der Waals surface area (Å²) in [5.41, 5.74) is 1.41. The van der Waals surface area contributed by atoms with Gasteiger partial charge >= 0.3 is 0 Å². The number of rotatable bonds is 6. The van der Waals surface area contributed by atoms with Crippen molar-refractivity contribution in [1.82, 2.24) is 4.98 Å². The highest BCUT2D eigenvalue weighted by atomic mass is 19.3. The van der Waals surface area contributed by atoms with E-state index in [9.17, 15) is 17.6 Å². The van der Waals surface area contributed by atoms with Gasteiger partial charge in [-0.3, -0.25) is 4.98 Å². The van der Waals surface area contributed by atoms with Crippen molar-refractivity contribution in [2.45, 2.75) is 45.5 Å². The number of aromatic nitrogens is 1. The van der Waals surface area contributed by atoms with Crippen LogP contribution in [-0.2, 0) is 5.41 Å². The number of nitrogens with one attached hydrogen (secondary N) is 1. The topological polar surface area (TPSA) is 24.9 Å². The van der Waals surface area contributed by atoms with Gasteiger partial charge in [0.1, 0.15) is 0 Å². The molecule has 2 nitrogen and oxygen atoms in total. The van der Waals surface area contributed by atoms with Gasteiger partial charge < -0.3 is 5.32 Å². The maximum absolute atomic E-state index is 14.4. The summed E-state index contributed by atoms with van der Waals surface area (Å²) in [6.07, 6.45) is 0.209. The lowest BCUT2D eigenvalue weighted by Crippen LogP contribution is -2.11. The van der Waals surface area contributed by atoms with Crippen LogP contribution in [0.5, 0.6) is 0 Å². The first-order chi connectivity index (χ1) is 12.7. The predicted octanol–water partition coefficient (Wildman–Crippen LogP) is 6.38. The van der Waals surface area contributed by atoms with E-state index < -0.39 is 18.1 Å². The molecule has 27 heavy (non-hydrogen) atoms. The monoisotopic (exact) mass is 378 g/mol. The van der Waals surface area contributed by atoms with Gasteiger partial charge in [0, 0.05) is 23.5 Å². The van der Waals surface area contributed by atoms with Crippen molar-refractivity contribution in [2.75, 3.05) is 5.32 Å². The zero-order chi connectivity index (χ0) is 19.9. The Kier molecular flexibility index (Phi) is 5.02. The summed E-state index contributed by atoms with van der Waals surface area (Å²) >= 11 is 0. The van der Waals surface area contributed by atoms with Gasteiger partial charge in [0.15, 0.2) is 11.6 Å². The normalized spacial score (nSPS) is 21.4. The number of hydrogen-bond donors (Lipinski definition) is 1. The van der Waals surface area contributed by atoms with Gasteiger partial charge in [0.25, 0.3) is 6.43 Å². The summed E-state index contributed by atoms with van der Waals surface area (Å²) < 4.78 is 54.1. The molecular weight excluding hydrogens is 356 g/mol. The minimum absolute atomic E-state index is 0.175. The lowest BCUT2D eigenvalue weighted by molar-refractivity contribution is 0.151. The maximum atomic E-state index is 14.4. The Hall–Kier alpha value is -2.37. The Labute approximate surface area is 156 Å². The van der Waals surface area contributed by atoms with Crippen molar-refractivity contribution in [3.63, 3.8) is 0 Å². The van der Waals surface area contributed by atoms with Crippen molar-refractivity contribution < 1.29 is 17.6 Å². The summed E-state index contributed by atoms with van der Waals surface area (Å²) in [5, 5.41) is 2.94. The molecule has 0 amide bonds. The first kappa shape index (κ1) is 19.4. The van der Waals surface area contributed by atoms with Crippen molar-refractivity contribution in [1.29, 1.82) is 0 Å². The fourth-order valence-corrected chi connectivity index (χ4v) is 3.72. The van der Waals surface area contributed by atoms with Crippen LogP contribution in [0.1, 0.15) is 55.5 Å². The number of alkyl halides is 2. The van der Waals surface area contributed by atoms with E-state index in [-0.39, 0.29) is 11.0 Å². The van der Waals surface area contributed by atoms with Crippen molar-refractivity contribution in [3.05, 3.63) is 65.0 Å². The van der Waals surface area contributed by atoms with Gasteiger partial charge in [0.2, 0.25) is 0 Å². The Balaban J connectivity index is 1.88. The Morgan fingerprint density at radius 1 is 1.33 bits per heavy atom. The number of pyridine rings is 1. The molecule has 0 saturated heterocycles. The van der Waals surface area contributed by atoms with E-state index in [1.54, 1.807) is 13.0 Å². The van der Waals surface area contributed by atoms with Crippen molar-refractivity contribution in [3.8, 4) is 0 Å². The lowest BCUT2D eigenvalue weighted by Gasteiger charge is -2.17. The third kappa shape index (κ3) is 3.57. The smallest absolute Gasteiger partial charge is 0.265 e. The first-order valence-electron chi connectivity index (χ1n) is 8.87. The minimum atomic E-state index is -2.61. The summed E-state index contributed by atoms with van der Waals surface area (Å²) in [6.45, 7) is 9.49. The fourth-order valence-electron chi connectivity index (χ4n) is 3.72. The average Bonchev–Trinajstić information content (AvgIpc) is 3.29. The summed E-state index contributed by atoms with van der Waals surface area (Å²) in [5.74, 6) is -1.42. The molecule has 1 aliphatic carbocycles. The third-order valence-corrected chi connectivity index (χ3v) is 5.48. The maximum Gasteiger partial charge on any atom is 0.265 e. The van der Waals surface area contributed by atoms with Crippen LogP contribution >= 0.6 is 0 Å². The second-order valence-corrected chi connectivity index (χ2v) is 7.38. The number of nitrogens with zero attached hydrogens (tertiary/aromatic N) is 1. The average molecular weight is 378 g/mol. The second kappa shape index (κ2) is 6.98. The highest BCUT2D eigenvalue weighted by Gasteiger charge is 2.51. The minimum Gasteiger partial charge on any atom is -0.354 e. The van der Waals surface area contributed by atoms with Crippen molar-refractivity contribution >= 4 is 11.4 Å². The molecule has 1 fully saturated rings. The molecule has 144 valence electrons. The van der Waals surface area contributed by atoms with E-state index in [1.165, 1.54) is 6.07 Å². The van der Waals surface area contributed by atoms with E-state index in [2.05, 4.69) is 16.9 Å². The largest absolute Gasteiger partial charge is 0.354 e. The summed E-state index contributed by atoms with van der Waals surface area (Å²) in [6, 6.07) is 4.01. The van der Waals surface area contributed by atoms with E-state index in [0.717, 1.165) is 25.1 Å². The van der Waals surface area contributed by atoms with E-state index in [1.807, 2.05) is 13.8 Å². The lowest BCUT2D eigenvalue weighted by atomic mass is 9.93. The Morgan fingerprint density at radius 3 is 2.59 bits per heavy atom. The Bertz CT molecular complexity index is 894. The molecular formula is C21H22F4N2.